The summed E-state index contributed by atoms with van der Waals surface area (Å²) in [6.45, 7) is 4.88. The Balaban J connectivity index is 2.92. The van der Waals surface area contributed by atoms with Gasteiger partial charge in [0.05, 0.1) is 10.9 Å². The van der Waals surface area contributed by atoms with E-state index in [1.54, 1.807) is 6.20 Å². The molecule has 0 aliphatic carbocycles. The van der Waals surface area contributed by atoms with E-state index in [1.165, 1.54) is 25.2 Å². The van der Waals surface area contributed by atoms with Gasteiger partial charge in [-0.25, -0.2) is 9.37 Å². The summed E-state index contributed by atoms with van der Waals surface area (Å²) in [6, 6.07) is -0.105. The van der Waals surface area contributed by atoms with Crippen molar-refractivity contribution >= 4 is 11.3 Å². The molecule has 0 fully saturated rings. The van der Waals surface area contributed by atoms with E-state index in [2.05, 4.69) is 4.98 Å². The molecule has 0 bridgehead atoms. The fourth-order valence-corrected chi connectivity index (χ4v) is 1.64. The fourth-order valence-electron chi connectivity index (χ4n) is 0.773. The number of rotatable bonds is 2. The molecule has 1 rings (SSSR count). The molecule has 4 heteroatoms. The molecule has 0 aromatic carbocycles. The summed E-state index contributed by atoms with van der Waals surface area (Å²) in [5.41, 5.74) is 4.30. The first-order valence-electron chi connectivity index (χ1n) is 3.82. The summed E-state index contributed by atoms with van der Waals surface area (Å²) in [7, 11) is 0. The summed E-state index contributed by atoms with van der Waals surface area (Å²) in [5, 5.41) is 0.788. The van der Waals surface area contributed by atoms with Crippen LogP contribution in [0.25, 0.3) is 0 Å². The largest absolute Gasteiger partial charge is 0.322 e. The molecule has 0 radical (unpaired) electrons. The van der Waals surface area contributed by atoms with Crippen molar-refractivity contribution in [2.24, 2.45) is 5.73 Å². The van der Waals surface area contributed by atoms with Crippen LogP contribution in [0.15, 0.2) is 6.20 Å². The maximum absolute atomic E-state index is 13.3. The van der Waals surface area contributed by atoms with E-state index in [4.69, 9.17) is 5.73 Å². The number of nitrogens with zero attached hydrogens (tertiary/aromatic N) is 1. The molecule has 0 amide bonds. The highest BCUT2D eigenvalue weighted by molar-refractivity contribution is 7.11. The number of hydrogen-bond acceptors (Lipinski definition) is 3. The summed E-state index contributed by atoms with van der Waals surface area (Å²) in [4.78, 5) is 4.67. The third kappa shape index (κ3) is 2.01. The Labute approximate surface area is 75.6 Å². The van der Waals surface area contributed by atoms with Gasteiger partial charge in [0.1, 0.15) is 10.7 Å². The van der Waals surface area contributed by atoms with Crippen molar-refractivity contribution in [3.8, 4) is 0 Å². The third-order valence-corrected chi connectivity index (χ3v) is 3.00. The van der Waals surface area contributed by atoms with Gasteiger partial charge in [0.15, 0.2) is 0 Å². The monoisotopic (exact) mass is 188 g/mol. The minimum atomic E-state index is -1.30. The van der Waals surface area contributed by atoms with E-state index in [0.717, 1.165) is 5.01 Å². The number of nitrogens with two attached hydrogens (primary N) is 1. The molecule has 1 aromatic heterocycles. The number of thiazole rings is 1. The molecular formula is C8H13FN2S. The van der Waals surface area contributed by atoms with Gasteiger partial charge in [-0.05, 0) is 20.8 Å². The third-order valence-electron chi connectivity index (χ3n) is 1.50. The van der Waals surface area contributed by atoms with Gasteiger partial charge in [-0.1, -0.05) is 0 Å². The van der Waals surface area contributed by atoms with Gasteiger partial charge in [-0.15, -0.1) is 11.3 Å². The van der Waals surface area contributed by atoms with Crippen LogP contribution in [-0.4, -0.2) is 4.98 Å². The van der Waals surface area contributed by atoms with Gasteiger partial charge in [-0.2, -0.15) is 0 Å². The number of aromatic nitrogens is 1. The number of hydrogen-bond donors (Lipinski definition) is 1. The number of halogens is 1. The smallest absolute Gasteiger partial charge is 0.141 e. The van der Waals surface area contributed by atoms with Gasteiger partial charge in [-0.3, -0.25) is 0 Å². The zero-order chi connectivity index (χ0) is 9.35. The average molecular weight is 188 g/mol. The van der Waals surface area contributed by atoms with Crippen LogP contribution < -0.4 is 5.73 Å². The topological polar surface area (TPSA) is 38.9 Å². The highest BCUT2D eigenvalue weighted by Crippen LogP contribution is 2.30. The van der Waals surface area contributed by atoms with E-state index in [-0.39, 0.29) is 6.04 Å². The molecule has 0 aliphatic rings. The van der Waals surface area contributed by atoms with Crippen LogP contribution in [0.4, 0.5) is 4.39 Å². The fraction of sp³-hybridized carbons (Fsp3) is 0.625. The predicted molar refractivity (Wildman–Crippen MR) is 48.9 cm³/mol. The Kier molecular flexibility index (Phi) is 2.49. The van der Waals surface area contributed by atoms with Crippen LogP contribution in [0.2, 0.25) is 0 Å². The second-order valence-electron chi connectivity index (χ2n) is 3.32. The van der Waals surface area contributed by atoms with Gasteiger partial charge in [0.25, 0.3) is 0 Å². The Morgan fingerprint density at radius 2 is 2.25 bits per heavy atom. The standard InChI is InChI=1S/C8H13FN2S/c1-5(10)7-11-4-6(12-7)8(2,3)9/h4-5H,10H2,1-3H3. The first kappa shape index (κ1) is 9.61. The van der Waals surface area contributed by atoms with E-state index >= 15 is 0 Å². The van der Waals surface area contributed by atoms with Gasteiger partial charge in [0, 0.05) is 6.20 Å². The molecule has 1 heterocycles. The summed E-state index contributed by atoms with van der Waals surface area (Å²) in [5.74, 6) is 0. The molecule has 1 atom stereocenters. The maximum atomic E-state index is 13.3. The molecule has 1 aromatic rings. The van der Waals surface area contributed by atoms with Crippen molar-refractivity contribution in [1.82, 2.24) is 4.98 Å². The SMILES string of the molecule is CC(N)c1ncc(C(C)(C)F)s1. The number of alkyl halides is 1. The van der Waals surface area contributed by atoms with E-state index in [9.17, 15) is 4.39 Å². The second-order valence-corrected chi connectivity index (χ2v) is 4.39. The van der Waals surface area contributed by atoms with Crippen molar-refractivity contribution < 1.29 is 4.39 Å². The molecule has 0 aliphatic heterocycles. The zero-order valence-corrected chi connectivity index (χ0v) is 8.28. The van der Waals surface area contributed by atoms with Crippen molar-refractivity contribution in [3.63, 3.8) is 0 Å². The first-order valence-corrected chi connectivity index (χ1v) is 4.63. The quantitative estimate of drug-likeness (QED) is 0.773. The highest BCUT2D eigenvalue weighted by atomic mass is 32.1. The Bertz CT molecular complexity index is 262. The van der Waals surface area contributed by atoms with Crippen LogP contribution in [0.5, 0.6) is 0 Å². The van der Waals surface area contributed by atoms with Crippen molar-refractivity contribution in [3.05, 3.63) is 16.1 Å². The lowest BCUT2D eigenvalue weighted by atomic mass is 10.1. The Morgan fingerprint density at radius 1 is 1.67 bits per heavy atom. The minimum absolute atomic E-state index is 0.105. The summed E-state index contributed by atoms with van der Waals surface area (Å²) < 4.78 is 13.3. The zero-order valence-electron chi connectivity index (χ0n) is 7.47. The first-order chi connectivity index (χ1) is 5.41. The maximum Gasteiger partial charge on any atom is 0.141 e. The lowest BCUT2D eigenvalue weighted by Crippen LogP contribution is -2.06. The molecule has 0 spiro atoms. The molecular weight excluding hydrogens is 175 g/mol. The molecule has 2 N–H and O–H groups in total. The van der Waals surface area contributed by atoms with Crippen LogP contribution in [0.3, 0.4) is 0 Å². The van der Waals surface area contributed by atoms with Gasteiger partial charge >= 0.3 is 0 Å². The Hall–Kier alpha value is -0.480. The Morgan fingerprint density at radius 3 is 2.50 bits per heavy atom. The molecule has 68 valence electrons. The van der Waals surface area contributed by atoms with E-state index < -0.39 is 5.67 Å². The van der Waals surface area contributed by atoms with Crippen molar-refractivity contribution in [2.45, 2.75) is 32.5 Å². The molecule has 2 nitrogen and oxygen atoms in total. The molecule has 0 saturated heterocycles. The summed E-state index contributed by atoms with van der Waals surface area (Å²) in [6.07, 6.45) is 1.56. The normalized spacial score (nSPS) is 14.8. The van der Waals surface area contributed by atoms with Crippen LogP contribution in [-0.2, 0) is 5.67 Å². The average Bonchev–Trinajstić information content (AvgIpc) is 2.30. The van der Waals surface area contributed by atoms with E-state index in [1.807, 2.05) is 6.92 Å². The van der Waals surface area contributed by atoms with Gasteiger partial charge in [0.2, 0.25) is 0 Å². The molecule has 1 unspecified atom stereocenters. The van der Waals surface area contributed by atoms with Gasteiger partial charge < -0.3 is 5.73 Å². The molecule has 12 heavy (non-hydrogen) atoms. The summed E-state index contributed by atoms with van der Waals surface area (Å²) >= 11 is 1.34. The second kappa shape index (κ2) is 3.11. The van der Waals surface area contributed by atoms with E-state index in [0.29, 0.717) is 4.88 Å². The molecule has 0 saturated carbocycles. The predicted octanol–water partition coefficient (Wildman–Crippen LogP) is 2.37. The van der Waals surface area contributed by atoms with Crippen LogP contribution in [0, 0.1) is 0 Å². The minimum Gasteiger partial charge on any atom is -0.322 e. The van der Waals surface area contributed by atoms with Crippen molar-refractivity contribution in [2.75, 3.05) is 0 Å². The van der Waals surface area contributed by atoms with Crippen molar-refractivity contribution in [1.29, 1.82) is 0 Å². The highest BCUT2D eigenvalue weighted by Gasteiger charge is 2.22. The lowest BCUT2D eigenvalue weighted by molar-refractivity contribution is 0.226. The van der Waals surface area contributed by atoms with Crippen LogP contribution in [0.1, 0.15) is 36.7 Å². The van der Waals surface area contributed by atoms with Crippen LogP contribution >= 0.6 is 11.3 Å². The lowest BCUT2D eigenvalue weighted by Gasteiger charge is -2.09.